The number of halogens is 3. The lowest BCUT2D eigenvalue weighted by molar-refractivity contribution is 0.0402. The van der Waals surface area contributed by atoms with E-state index in [9.17, 15) is 9.18 Å². The Labute approximate surface area is 236 Å². The van der Waals surface area contributed by atoms with E-state index in [1.54, 1.807) is 27.2 Å². The Morgan fingerprint density at radius 3 is 2.60 bits per heavy atom. The van der Waals surface area contributed by atoms with E-state index in [2.05, 4.69) is 20.3 Å². The molecule has 1 N–H and O–H groups in total. The number of rotatable bonds is 7. The first kappa shape index (κ1) is 27.5. The molecule has 5 rings (SSSR count). The topological polar surface area (TPSA) is 95.5 Å². The van der Waals surface area contributed by atoms with Crippen LogP contribution in [0.2, 0.25) is 5.02 Å². The first-order valence-electron chi connectivity index (χ1n) is 12.1. The predicted molar refractivity (Wildman–Crippen MR) is 150 cm³/mol. The first-order chi connectivity index (χ1) is 19.1. The quantitative estimate of drug-likeness (QED) is 0.211. The first-order valence-corrected chi connectivity index (χ1v) is 13.3. The number of amides is 1. The summed E-state index contributed by atoms with van der Waals surface area (Å²) < 4.78 is 45.6. The molecule has 0 fully saturated rings. The number of pyridine rings is 2. The van der Waals surface area contributed by atoms with Crippen LogP contribution < -0.4 is 14.8 Å². The number of anilines is 1. The van der Waals surface area contributed by atoms with Crippen molar-refractivity contribution < 1.29 is 27.8 Å². The number of benzene rings is 2. The van der Waals surface area contributed by atoms with Crippen molar-refractivity contribution in [2.45, 2.75) is 33.0 Å². The number of hydrogen-bond acceptors (Lipinski definition) is 8. The predicted octanol–water partition coefficient (Wildman–Crippen LogP) is 7.56. The monoisotopic (exact) mass is 584 g/mol. The average Bonchev–Trinajstić information content (AvgIpc) is 3.34. The Morgan fingerprint density at radius 1 is 1.05 bits per heavy atom. The highest BCUT2D eigenvalue weighted by molar-refractivity contribution is 7.21. The van der Waals surface area contributed by atoms with Gasteiger partial charge in [0.05, 0.1) is 41.6 Å². The van der Waals surface area contributed by atoms with Crippen molar-refractivity contribution in [2.24, 2.45) is 0 Å². The highest BCUT2D eigenvalue weighted by Gasteiger charge is 2.24. The zero-order valence-electron chi connectivity index (χ0n) is 21.8. The summed E-state index contributed by atoms with van der Waals surface area (Å²) in [6.45, 7) is 5.17. The third kappa shape index (κ3) is 5.61. The van der Waals surface area contributed by atoms with Crippen molar-refractivity contribution in [2.75, 3.05) is 12.4 Å². The van der Waals surface area contributed by atoms with Gasteiger partial charge in [0.15, 0.2) is 11.6 Å². The molecule has 0 aliphatic rings. The fraction of sp³-hybridized carbons (Fsp3) is 0.214. The number of fused-ring (bicyclic) bond motifs is 2. The summed E-state index contributed by atoms with van der Waals surface area (Å²) in [7, 11) is 1.58. The average molecular weight is 585 g/mol. The SMILES string of the molecule is COc1cnc2c(-c3nc4c(Cl)c(F)c(O[C@@H](C)[C@@H](C)OC(=O)Nc5cncc(F)c5)cc4s3)cc(C)cc2c1. The van der Waals surface area contributed by atoms with E-state index in [0.717, 1.165) is 34.3 Å². The van der Waals surface area contributed by atoms with Crippen molar-refractivity contribution in [1.82, 2.24) is 15.0 Å². The summed E-state index contributed by atoms with van der Waals surface area (Å²) in [5, 5.41) is 3.71. The molecule has 8 nitrogen and oxygen atoms in total. The van der Waals surface area contributed by atoms with Gasteiger partial charge in [0.25, 0.3) is 0 Å². The van der Waals surface area contributed by atoms with E-state index in [0.29, 0.717) is 21.0 Å². The lowest BCUT2D eigenvalue weighted by Gasteiger charge is -2.22. The van der Waals surface area contributed by atoms with E-state index in [1.165, 1.54) is 23.6 Å². The Kier molecular flexibility index (Phi) is 7.68. The number of carbonyl (C=O) groups excluding carboxylic acids is 1. The van der Waals surface area contributed by atoms with Crippen molar-refractivity contribution in [3.63, 3.8) is 0 Å². The Bertz CT molecular complexity index is 1750. The van der Waals surface area contributed by atoms with Crippen LogP contribution in [0.4, 0.5) is 19.3 Å². The van der Waals surface area contributed by atoms with Crippen LogP contribution in [0, 0.1) is 18.6 Å². The fourth-order valence-corrected chi connectivity index (χ4v) is 5.34. The molecule has 206 valence electrons. The van der Waals surface area contributed by atoms with Crippen molar-refractivity contribution in [1.29, 1.82) is 0 Å². The molecule has 12 heteroatoms. The van der Waals surface area contributed by atoms with Gasteiger partial charge in [-0.2, -0.15) is 0 Å². The second-order valence-electron chi connectivity index (χ2n) is 9.08. The van der Waals surface area contributed by atoms with E-state index in [4.69, 9.17) is 25.8 Å². The molecule has 0 aliphatic carbocycles. The molecule has 1 amide bonds. The van der Waals surface area contributed by atoms with Gasteiger partial charge < -0.3 is 14.2 Å². The number of thiazole rings is 1. The van der Waals surface area contributed by atoms with Crippen LogP contribution in [0.1, 0.15) is 19.4 Å². The van der Waals surface area contributed by atoms with Crippen molar-refractivity contribution >= 4 is 55.8 Å². The number of nitrogens with one attached hydrogen (secondary N) is 1. The molecular weight excluding hydrogens is 562 g/mol. The lowest BCUT2D eigenvalue weighted by Crippen LogP contribution is -2.32. The van der Waals surface area contributed by atoms with Crippen LogP contribution in [-0.2, 0) is 4.74 Å². The summed E-state index contributed by atoms with van der Waals surface area (Å²) in [5.74, 6) is -0.862. The van der Waals surface area contributed by atoms with Gasteiger partial charge in [-0.25, -0.2) is 18.6 Å². The van der Waals surface area contributed by atoms with Gasteiger partial charge in [-0.05, 0) is 44.5 Å². The fourth-order valence-electron chi connectivity index (χ4n) is 4.03. The van der Waals surface area contributed by atoms with Gasteiger partial charge in [-0.15, -0.1) is 11.3 Å². The molecule has 5 aromatic rings. The van der Waals surface area contributed by atoms with Crippen LogP contribution >= 0.6 is 22.9 Å². The summed E-state index contributed by atoms with van der Waals surface area (Å²) in [6.07, 6.45) is 1.52. The highest BCUT2D eigenvalue weighted by Crippen LogP contribution is 2.41. The van der Waals surface area contributed by atoms with Crippen molar-refractivity contribution in [3.8, 4) is 22.1 Å². The van der Waals surface area contributed by atoms with Crippen LogP contribution in [0.3, 0.4) is 0 Å². The smallest absolute Gasteiger partial charge is 0.412 e. The van der Waals surface area contributed by atoms with E-state index >= 15 is 4.39 Å². The Balaban J connectivity index is 1.39. The molecule has 3 aromatic heterocycles. The molecule has 3 heterocycles. The summed E-state index contributed by atoms with van der Waals surface area (Å²) in [6, 6.07) is 8.48. The van der Waals surface area contributed by atoms with Gasteiger partial charge in [-0.3, -0.25) is 15.3 Å². The minimum absolute atomic E-state index is 0.109. The third-order valence-corrected chi connectivity index (χ3v) is 7.50. The maximum Gasteiger partial charge on any atom is 0.412 e. The summed E-state index contributed by atoms with van der Waals surface area (Å²) in [5.41, 5.74) is 2.94. The second kappa shape index (κ2) is 11.2. The largest absolute Gasteiger partial charge is 0.495 e. The number of ether oxygens (including phenoxy) is 3. The van der Waals surface area contributed by atoms with Gasteiger partial charge in [0, 0.05) is 23.1 Å². The molecule has 0 saturated carbocycles. The molecule has 0 aliphatic heterocycles. The standard InChI is InChI=1S/C28H23ClF2N4O4S/c1-13-5-16-7-19(37-4)12-33-25(16)20(6-13)27-35-26-22(40-27)9-21(24(31)23(26)29)38-14(2)15(3)39-28(36)34-18-8-17(30)10-32-11-18/h5-12,14-15H,1-4H3,(H,34,36)/t14-,15+/m0/s1. The minimum atomic E-state index is -0.840. The zero-order valence-corrected chi connectivity index (χ0v) is 23.4. The van der Waals surface area contributed by atoms with E-state index in [-0.39, 0.29) is 16.5 Å². The number of aromatic nitrogens is 3. The molecule has 0 radical (unpaired) electrons. The van der Waals surface area contributed by atoms with Gasteiger partial charge in [0.2, 0.25) is 0 Å². The van der Waals surface area contributed by atoms with Gasteiger partial charge in [-0.1, -0.05) is 11.6 Å². The normalized spacial score (nSPS) is 12.8. The maximum absolute atomic E-state index is 15.3. The molecule has 0 unspecified atom stereocenters. The summed E-state index contributed by atoms with van der Waals surface area (Å²) >= 11 is 7.72. The zero-order chi connectivity index (χ0) is 28.6. The van der Waals surface area contributed by atoms with Crippen LogP contribution in [-0.4, -0.2) is 40.4 Å². The molecule has 0 saturated heterocycles. The minimum Gasteiger partial charge on any atom is -0.495 e. The van der Waals surface area contributed by atoms with Gasteiger partial charge in [0.1, 0.15) is 39.3 Å². The van der Waals surface area contributed by atoms with Crippen LogP contribution in [0.15, 0.2) is 48.9 Å². The number of aryl methyl sites for hydroxylation is 1. The van der Waals surface area contributed by atoms with Crippen LogP contribution in [0.25, 0.3) is 31.7 Å². The van der Waals surface area contributed by atoms with Gasteiger partial charge >= 0.3 is 6.09 Å². The molecule has 0 spiro atoms. The maximum atomic E-state index is 15.3. The molecule has 0 bridgehead atoms. The molecule has 2 aromatic carbocycles. The highest BCUT2D eigenvalue weighted by atomic mass is 35.5. The number of methoxy groups -OCH3 is 1. The molecule has 40 heavy (non-hydrogen) atoms. The summed E-state index contributed by atoms with van der Waals surface area (Å²) in [4.78, 5) is 25.1. The molecular formula is C28H23ClF2N4O4S. The van der Waals surface area contributed by atoms with Crippen molar-refractivity contribution in [3.05, 3.63) is 71.1 Å². The second-order valence-corrected chi connectivity index (χ2v) is 10.5. The van der Waals surface area contributed by atoms with E-state index in [1.807, 2.05) is 25.1 Å². The number of nitrogens with zero attached hydrogens (tertiary/aromatic N) is 3. The Morgan fingerprint density at radius 2 is 1.85 bits per heavy atom. The lowest BCUT2D eigenvalue weighted by atomic mass is 10.1. The number of carbonyl (C=O) groups is 1. The van der Waals surface area contributed by atoms with Crippen LogP contribution in [0.5, 0.6) is 11.5 Å². The number of hydrogen-bond donors (Lipinski definition) is 1. The van der Waals surface area contributed by atoms with E-state index < -0.39 is 29.9 Å². The third-order valence-electron chi connectivity index (χ3n) is 6.12. The Hall–Kier alpha value is -4.09. The molecule has 2 atom stereocenters.